The van der Waals surface area contributed by atoms with Crippen LogP contribution in [0.2, 0.25) is 5.02 Å². The van der Waals surface area contributed by atoms with Crippen molar-refractivity contribution in [2.24, 2.45) is 5.73 Å². The topological polar surface area (TPSA) is 112 Å². The molecule has 1 atom stereocenters. The Morgan fingerprint density at radius 2 is 2.08 bits per heavy atom. The minimum atomic E-state index is -0.648. The molecule has 136 valence electrons. The number of aliphatic hydroxyl groups is 1. The molecule has 2 heterocycles. The molecule has 0 fully saturated rings. The van der Waals surface area contributed by atoms with Gasteiger partial charge in [0, 0.05) is 24.4 Å². The first kappa shape index (κ1) is 18.2. The highest BCUT2D eigenvalue weighted by Gasteiger charge is 2.11. The van der Waals surface area contributed by atoms with Crippen molar-refractivity contribution in [2.75, 3.05) is 6.61 Å². The summed E-state index contributed by atoms with van der Waals surface area (Å²) in [6.45, 7) is 0.365. The number of ether oxygens (including phenoxy) is 1. The van der Waals surface area contributed by atoms with Crippen LogP contribution in [0.4, 0.5) is 4.39 Å². The fraction of sp³-hybridized carbons (Fsp3) is 0.250. The van der Waals surface area contributed by atoms with Gasteiger partial charge < -0.3 is 15.6 Å². The molecule has 0 spiro atoms. The summed E-state index contributed by atoms with van der Waals surface area (Å²) in [5.74, 6) is 0.0119. The summed E-state index contributed by atoms with van der Waals surface area (Å²) in [5.41, 5.74) is 6.54. The van der Waals surface area contributed by atoms with Crippen LogP contribution < -0.4 is 10.5 Å². The average molecular weight is 379 g/mol. The maximum absolute atomic E-state index is 13.7. The summed E-state index contributed by atoms with van der Waals surface area (Å²) in [4.78, 5) is 5.18. The van der Waals surface area contributed by atoms with Crippen LogP contribution in [0.5, 0.6) is 11.6 Å². The molecule has 0 aliphatic rings. The second-order valence-corrected chi connectivity index (χ2v) is 5.94. The molecule has 2 aromatic heterocycles. The molecule has 0 aliphatic carbocycles. The standard InChI is InChI=1S/C16H16ClFN6O2/c17-11-7-14(18)16(20-8-11)26-13-3-1-10(2-4-13)15-21-23-24(22-15)9-12(19)5-6-25/h1-4,7-8,12,25H,5-6,9,19H2/t12-/m1/s1. The number of rotatable bonds is 7. The van der Waals surface area contributed by atoms with Crippen LogP contribution in [-0.2, 0) is 6.54 Å². The largest absolute Gasteiger partial charge is 0.436 e. The molecule has 0 radical (unpaired) electrons. The second-order valence-electron chi connectivity index (χ2n) is 5.51. The van der Waals surface area contributed by atoms with E-state index in [2.05, 4.69) is 20.4 Å². The maximum Gasteiger partial charge on any atom is 0.255 e. The van der Waals surface area contributed by atoms with Gasteiger partial charge in [-0.25, -0.2) is 9.37 Å². The highest BCUT2D eigenvalue weighted by atomic mass is 35.5. The molecule has 0 aliphatic heterocycles. The van der Waals surface area contributed by atoms with Crippen molar-refractivity contribution < 1.29 is 14.2 Å². The van der Waals surface area contributed by atoms with E-state index in [9.17, 15) is 4.39 Å². The lowest BCUT2D eigenvalue weighted by Gasteiger charge is -2.07. The zero-order valence-corrected chi connectivity index (χ0v) is 14.3. The summed E-state index contributed by atoms with van der Waals surface area (Å²) in [5, 5.41) is 21.2. The summed E-state index contributed by atoms with van der Waals surface area (Å²) in [6, 6.07) is 7.60. The van der Waals surface area contributed by atoms with Gasteiger partial charge in [-0.2, -0.15) is 4.80 Å². The van der Waals surface area contributed by atoms with Crippen LogP contribution in [0.25, 0.3) is 11.4 Å². The van der Waals surface area contributed by atoms with E-state index in [4.69, 9.17) is 27.2 Å². The van der Waals surface area contributed by atoms with Gasteiger partial charge in [0.2, 0.25) is 5.82 Å². The van der Waals surface area contributed by atoms with E-state index in [0.717, 1.165) is 6.07 Å². The molecule has 26 heavy (non-hydrogen) atoms. The van der Waals surface area contributed by atoms with Crippen molar-refractivity contribution in [3.8, 4) is 23.0 Å². The first-order chi connectivity index (χ1) is 12.5. The molecule has 1 aromatic carbocycles. The Labute approximate surface area is 153 Å². The Kier molecular flexibility index (Phi) is 5.71. The predicted octanol–water partition coefficient (Wildman–Crippen LogP) is 2.03. The summed E-state index contributed by atoms with van der Waals surface area (Å²) >= 11 is 5.66. The van der Waals surface area contributed by atoms with Gasteiger partial charge in [0.15, 0.2) is 5.82 Å². The monoisotopic (exact) mass is 378 g/mol. The van der Waals surface area contributed by atoms with Crippen molar-refractivity contribution in [3.05, 3.63) is 47.4 Å². The highest BCUT2D eigenvalue weighted by Crippen LogP contribution is 2.25. The number of tetrazole rings is 1. The van der Waals surface area contributed by atoms with Crippen molar-refractivity contribution in [1.82, 2.24) is 25.2 Å². The van der Waals surface area contributed by atoms with Crippen LogP contribution in [0.3, 0.4) is 0 Å². The Balaban J connectivity index is 1.68. The number of aromatic nitrogens is 5. The van der Waals surface area contributed by atoms with Crippen LogP contribution in [0.1, 0.15) is 6.42 Å². The number of hydrogen-bond donors (Lipinski definition) is 2. The Morgan fingerprint density at radius 1 is 1.31 bits per heavy atom. The Morgan fingerprint density at radius 3 is 2.77 bits per heavy atom. The lowest BCUT2D eigenvalue weighted by atomic mass is 10.2. The van der Waals surface area contributed by atoms with E-state index in [-0.39, 0.29) is 23.6 Å². The number of halogens is 2. The second kappa shape index (κ2) is 8.17. The van der Waals surface area contributed by atoms with Crippen molar-refractivity contribution >= 4 is 11.6 Å². The smallest absolute Gasteiger partial charge is 0.255 e. The molecule has 10 heteroatoms. The van der Waals surface area contributed by atoms with Crippen molar-refractivity contribution in [3.63, 3.8) is 0 Å². The highest BCUT2D eigenvalue weighted by molar-refractivity contribution is 6.30. The molecule has 0 saturated heterocycles. The van der Waals surface area contributed by atoms with Gasteiger partial charge >= 0.3 is 0 Å². The van der Waals surface area contributed by atoms with Crippen LogP contribution in [0, 0.1) is 5.82 Å². The average Bonchev–Trinajstić information content (AvgIpc) is 3.06. The summed E-state index contributed by atoms with van der Waals surface area (Å²) in [7, 11) is 0. The van der Waals surface area contributed by atoms with Gasteiger partial charge in [-0.05, 0) is 42.0 Å². The third-order valence-corrected chi connectivity index (χ3v) is 3.66. The summed E-state index contributed by atoms with van der Waals surface area (Å²) < 4.78 is 19.1. The maximum atomic E-state index is 13.7. The number of nitrogens with two attached hydrogens (primary N) is 1. The fourth-order valence-corrected chi connectivity index (χ4v) is 2.31. The third-order valence-electron chi connectivity index (χ3n) is 3.45. The van der Waals surface area contributed by atoms with Crippen molar-refractivity contribution in [1.29, 1.82) is 0 Å². The molecule has 0 unspecified atom stereocenters. The molecule has 3 N–H and O–H groups in total. The van der Waals surface area contributed by atoms with Crippen LogP contribution in [-0.4, -0.2) is 42.9 Å². The first-order valence-electron chi connectivity index (χ1n) is 7.78. The minimum absolute atomic E-state index is 0.00720. The molecule has 3 rings (SSSR count). The van der Waals surface area contributed by atoms with E-state index < -0.39 is 5.82 Å². The van der Waals surface area contributed by atoms with Gasteiger partial charge in [-0.1, -0.05) is 11.6 Å². The van der Waals surface area contributed by atoms with E-state index >= 15 is 0 Å². The molecule has 0 saturated carbocycles. The number of benzene rings is 1. The van der Waals surface area contributed by atoms with E-state index in [1.807, 2.05) is 0 Å². The predicted molar refractivity (Wildman–Crippen MR) is 92.2 cm³/mol. The van der Waals surface area contributed by atoms with E-state index in [0.29, 0.717) is 30.1 Å². The van der Waals surface area contributed by atoms with Crippen LogP contribution in [0.15, 0.2) is 36.5 Å². The van der Waals surface area contributed by atoms with Gasteiger partial charge in [-0.15, -0.1) is 10.2 Å². The zero-order valence-electron chi connectivity index (χ0n) is 13.6. The fourth-order valence-electron chi connectivity index (χ4n) is 2.16. The van der Waals surface area contributed by atoms with E-state index in [1.54, 1.807) is 24.3 Å². The zero-order chi connectivity index (χ0) is 18.5. The summed E-state index contributed by atoms with van der Waals surface area (Å²) in [6.07, 6.45) is 1.76. The molecular formula is C16H16ClFN6O2. The molecule has 3 aromatic rings. The quantitative estimate of drug-likeness (QED) is 0.646. The van der Waals surface area contributed by atoms with Gasteiger partial charge in [-0.3, -0.25) is 0 Å². The Bertz CT molecular complexity index is 873. The number of aliphatic hydroxyl groups excluding tert-OH is 1. The molecule has 0 bridgehead atoms. The molecular weight excluding hydrogens is 363 g/mol. The minimum Gasteiger partial charge on any atom is -0.436 e. The third kappa shape index (κ3) is 4.51. The first-order valence-corrected chi connectivity index (χ1v) is 8.16. The van der Waals surface area contributed by atoms with Gasteiger partial charge in [0.05, 0.1) is 11.6 Å². The SMILES string of the molecule is N[C@H](CCO)Cn1nnc(-c2ccc(Oc3ncc(Cl)cc3F)cc2)n1. The lowest BCUT2D eigenvalue weighted by Crippen LogP contribution is -2.28. The number of hydrogen-bond acceptors (Lipinski definition) is 7. The normalized spacial score (nSPS) is 12.2. The van der Waals surface area contributed by atoms with Gasteiger partial charge in [0.25, 0.3) is 5.88 Å². The van der Waals surface area contributed by atoms with Gasteiger partial charge in [0.1, 0.15) is 5.75 Å². The molecule has 0 amide bonds. The lowest BCUT2D eigenvalue weighted by molar-refractivity contribution is 0.265. The number of pyridine rings is 1. The van der Waals surface area contributed by atoms with Crippen molar-refractivity contribution in [2.45, 2.75) is 19.0 Å². The van der Waals surface area contributed by atoms with E-state index in [1.165, 1.54) is 11.0 Å². The number of nitrogens with zero attached hydrogens (tertiary/aromatic N) is 5. The Hall–Kier alpha value is -2.62. The molecule has 8 nitrogen and oxygen atoms in total. The van der Waals surface area contributed by atoms with Crippen LogP contribution >= 0.6 is 11.6 Å².